The first kappa shape index (κ1) is 13.7. The number of nitrogens with zero attached hydrogens (tertiary/aromatic N) is 1. The molecule has 7 heteroatoms. The van der Waals surface area contributed by atoms with Crippen LogP contribution < -0.4 is 9.47 Å². The first-order chi connectivity index (χ1) is 9.59. The molecule has 3 rings (SSSR count). The SMILES string of the molecule is C[C@H]1COCCN1S(=O)(=O)c1ccc2c(c1)OCCO2. The maximum absolute atomic E-state index is 12.7. The fourth-order valence-corrected chi connectivity index (χ4v) is 4.00. The molecule has 1 aromatic carbocycles. The number of sulfonamides is 1. The molecule has 20 heavy (non-hydrogen) atoms. The van der Waals surface area contributed by atoms with Gasteiger partial charge in [-0.25, -0.2) is 8.42 Å². The summed E-state index contributed by atoms with van der Waals surface area (Å²) in [6.07, 6.45) is 0. The maximum atomic E-state index is 12.7. The summed E-state index contributed by atoms with van der Waals surface area (Å²) in [5.74, 6) is 1.07. The lowest BCUT2D eigenvalue weighted by Crippen LogP contribution is -2.46. The molecule has 0 amide bonds. The van der Waals surface area contributed by atoms with Gasteiger partial charge in [0.1, 0.15) is 13.2 Å². The van der Waals surface area contributed by atoms with Crippen LogP contribution in [0.25, 0.3) is 0 Å². The number of hydrogen-bond acceptors (Lipinski definition) is 5. The highest BCUT2D eigenvalue weighted by Crippen LogP contribution is 2.33. The van der Waals surface area contributed by atoms with E-state index in [9.17, 15) is 8.42 Å². The van der Waals surface area contributed by atoms with E-state index in [-0.39, 0.29) is 10.9 Å². The molecule has 110 valence electrons. The molecule has 0 saturated carbocycles. The van der Waals surface area contributed by atoms with E-state index in [2.05, 4.69) is 0 Å². The molecule has 6 nitrogen and oxygen atoms in total. The van der Waals surface area contributed by atoms with Crippen LogP contribution >= 0.6 is 0 Å². The molecule has 1 fully saturated rings. The number of fused-ring (bicyclic) bond motifs is 1. The summed E-state index contributed by atoms with van der Waals surface area (Å²) in [5.41, 5.74) is 0. The zero-order valence-corrected chi connectivity index (χ0v) is 12.1. The number of benzene rings is 1. The minimum absolute atomic E-state index is 0.165. The molecule has 0 bridgehead atoms. The highest BCUT2D eigenvalue weighted by atomic mass is 32.2. The lowest BCUT2D eigenvalue weighted by Gasteiger charge is -2.32. The van der Waals surface area contributed by atoms with Crippen LogP contribution in [0.2, 0.25) is 0 Å². The Morgan fingerprint density at radius 3 is 2.65 bits per heavy atom. The second kappa shape index (κ2) is 5.23. The topological polar surface area (TPSA) is 65.1 Å². The fraction of sp³-hybridized carbons (Fsp3) is 0.538. The van der Waals surface area contributed by atoms with Gasteiger partial charge >= 0.3 is 0 Å². The molecule has 1 aromatic rings. The summed E-state index contributed by atoms with van der Waals surface area (Å²) in [7, 11) is -3.53. The second-order valence-electron chi connectivity index (χ2n) is 4.85. The van der Waals surface area contributed by atoms with E-state index in [0.29, 0.717) is 44.5 Å². The Morgan fingerprint density at radius 2 is 1.90 bits per heavy atom. The molecule has 0 radical (unpaired) electrons. The first-order valence-electron chi connectivity index (χ1n) is 6.58. The normalized spacial score (nSPS) is 23.6. The predicted octanol–water partition coefficient (Wildman–Crippen LogP) is 0.867. The lowest BCUT2D eigenvalue weighted by molar-refractivity contribution is 0.0392. The van der Waals surface area contributed by atoms with Crippen LogP contribution in [-0.4, -0.2) is 51.7 Å². The summed E-state index contributed by atoms with van der Waals surface area (Å²) in [6.45, 7) is 3.98. The van der Waals surface area contributed by atoms with Gasteiger partial charge in [0, 0.05) is 18.7 Å². The van der Waals surface area contributed by atoms with E-state index < -0.39 is 10.0 Å². The Labute approximate surface area is 118 Å². The Kier molecular flexibility index (Phi) is 3.57. The van der Waals surface area contributed by atoms with Crippen LogP contribution in [0.3, 0.4) is 0 Å². The quantitative estimate of drug-likeness (QED) is 0.810. The molecule has 1 saturated heterocycles. The van der Waals surface area contributed by atoms with Crippen molar-refractivity contribution in [2.75, 3.05) is 33.0 Å². The molecular formula is C13H17NO5S. The molecule has 0 aromatic heterocycles. The molecule has 0 N–H and O–H groups in total. The van der Waals surface area contributed by atoms with E-state index in [0.717, 1.165) is 0 Å². The van der Waals surface area contributed by atoms with Crippen molar-refractivity contribution < 1.29 is 22.6 Å². The van der Waals surface area contributed by atoms with Gasteiger partial charge in [0.15, 0.2) is 11.5 Å². The zero-order valence-electron chi connectivity index (χ0n) is 11.2. The van der Waals surface area contributed by atoms with Crippen LogP contribution in [0.5, 0.6) is 11.5 Å². The Bertz CT molecular complexity index is 601. The van der Waals surface area contributed by atoms with Gasteiger partial charge in [-0.05, 0) is 19.1 Å². The smallest absolute Gasteiger partial charge is 0.243 e. The third kappa shape index (κ3) is 2.36. The average Bonchev–Trinajstić information content (AvgIpc) is 2.47. The minimum Gasteiger partial charge on any atom is -0.486 e. The lowest BCUT2D eigenvalue weighted by atomic mass is 10.3. The van der Waals surface area contributed by atoms with E-state index in [1.54, 1.807) is 12.1 Å². The summed E-state index contributed by atoms with van der Waals surface area (Å²) < 4.78 is 42.9. The van der Waals surface area contributed by atoms with Crippen LogP contribution in [0.4, 0.5) is 0 Å². The van der Waals surface area contributed by atoms with E-state index in [4.69, 9.17) is 14.2 Å². The number of ether oxygens (including phenoxy) is 3. The van der Waals surface area contributed by atoms with Gasteiger partial charge in [-0.15, -0.1) is 0 Å². The monoisotopic (exact) mass is 299 g/mol. The summed E-state index contributed by atoms with van der Waals surface area (Å²) in [6, 6.07) is 4.57. The van der Waals surface area contributed by atoms with Crippen molar-refractivity contribution in [1.29, 1.82) is 0 Å². The van der Waals surface area contributed by atoms with Gasteiger partial charge in [-0.3, -0.25) is 0 Å². The fourth-order valence-electron chi connectivity index (χ4n) is 2.39. The number of rotatable bonds is 2. The predicted molar refractivity (Wildman–Crippen MR) is 71.6 cm³/mol. The van der Waals surface area contributed by atoms with Gasteiger partial charge in [-0.1, -0.05) is 0 Å². The van der Waals surface area contributed by atoms with E-state index in [1.165, 1.54) is 10.4 Å². The molecule has 2 heterocycles. The van der Waals surface area contributed by atoms with Crippen molar-refractivity contribution in [3.63, 3.8) is 0 Å². The highest BCUT2D eigenvalue weighted by molar-refractivity contribution is 7.89. The molecular weight excluding hydrogens is 282 g/mol. The minimum atomic E-state index is -3.53. The van der Waals surface area contributed by atoms with Gasteiger partial charge in [-0.2, -0.15) is 4.31 Å². The Morgan fingerprint density at radius 1 is 1.15 bits per heavy atom. The van der Waals surface area contributed by atoms with Crippen molar-refractivity contribution in [3.8, 4) is 11.5 Å². The highest BCUT2D eigenvalue weighted by Gasteiger charge is 2.32. The molecule has 0 unspecified atom stereocenters. The molecule has 2 aliphatic heterocycles. The largest absolute Gasteiger partial charge is 0.486 e. The van der Waals surface area contributed by atoms with Crippen molar-refractivity contribution in [2.45, 2.75) is 17.9 Å². The van der Waals surface area contributed by atoms with E-state index >= 15 is 0 Å². The molecule has 2 aliphatic rings. The molecule has 0 spiro atoms. The zero-order chi connectivity index (χ0) is 14.2. The second-order valence-corrected chi connectivity index (χ2v) is 6.74. The van der Waals surface area contributed by atoms with Crippen molar-refractivity contribution in [2.24, 2.45) is 0 Å². The average molecular weight is 299 g/mol. The summed E-state index contributed by atoms with van der Waals surface area (Å²) in [5, 5.41) is 0. The third-order valence-electron chi connectivity index (χ3n) is 3.43. The van der Waals surface area contributed by atoms with Crippen LogP contribution in [-0.2, 0) is 14.8 Å². The van der Waals surface area contributed by atoms with E-state index in [1.807, 2.05) is 6.92 Å². The van der Waals surface area contributed by atoms with Crippen LogP contribution in [0.15, 0.2) is 23.1 Å². The number of morpholine rings is 1. The van der Waals surface area contributed by atoms with Crippen molar-refractivity contribution >= 4 is 10.0 Å². The van der Waals surface area contributed by atoms with Gasteiger partial charge < -0.3 is 14.2 Å². The van der Waals surface area contributed by atoms with Crippen molar-refractivity contribution in [3.05, 3.63) is 18.2 Å². The first-order valence-corrected chi connectivity index (χ1v) is 8.02. The Hall–Kier alpha value is -1.31. The third-order valence-corrected chi connectivity index (χ3v) is 5.44. The molecule has 1 atom stereocenters. The molecule has 0 aliphatic carbocycles. The van der Waals surface area contributed by atoms with Gasteiger partial charge in [0.25, 0.3) is 0 Å². The maximum Gasteiger partial charge on any atom is 0.243 e. The summed E-state index contributed by atoms with van der Waals surface area (Å²) in [4.78, 5) is 0.232. The van der Waals surface area contributed by atoms with Crippen molar-refractivity contribution in [1.82, 2.24) is 4.31 Å². The van der Waals surface area contributed by atoms with Gasteiger partial charge in [0.2, 0.25) is 10.0 Å². The standard InChI is InChI=1S/C13H17NO5S/c1-10-9-17-5-4-14(10)20(15,16)11-2-3-12-13(8-11)19-7-6-18-12/h2-3,8,10H,4-7,9H2,1H3/t10-/m0/s1. The Balaban J connectivity index is 1.94. The van der Waals surface area contributed by atoms with Crippen LogP contribution in [0.1, 0.15) is 6.92 Å². The van der Waals surface area contributed by atoms with Crippen LogP contribution in [0, 0.1) is 0 Å². The number of hydrogen-bond donors (Lipinski definition) is 0. The summed E-state index contributed by atoms with van der Waals surface area (Å²) >= 11 is 0. The van der Waals surface area contributed by atoms with Gasteiger partial charge in [0.05, 0.1) is 18.1 Å².